The molecule has 0 fully saturated rings. The lowest BCUT2D eigenvalue weighted by Crippen LogP contribution is -2.43. The van der Waals surface area contributed by atoms with E-state index in [1.54, 1.807) is 19.1 Å². The Bertz CT molecular complexity index is 1060. The molecule has 0 aromatic heterocycles. The van der Waals surface area contributed by atoms with Crippen LogP contribution in [0.5, 0.6) is 0 Å². The van der Waals surface area contributed by atoms with Gasteiger partial charge >= 0.3 is 22.4 Å². The molecule has 0 saturated carbocycles. The molecule has 1 rings (SSSR count). The number of primary amides is 2. The lowest BCUT2D eigenvalue weighted by atomic mass is 10.2. The molecule has 0 saturated heterocycles. The van der Waals surface area contributed by atoms with Gasteiger partial charge in [0.15, 0.2) is 6.04 Å². The molecule has 14 nitrogen and oxygen atoms in total. The molecule has 16 heteroatoms. The first-order valence-electron chi connectivity index (χ1n) is 8.07. The largest absolute Gasteiger partial charge is 0.480 e. The van der Waals surface area contributed by atoms with E-state index in [1.165, 1.54) is 12.1 Å². The van der Waals surface area contributed by atoms with Crippen LogP contribution in [0, 0.1) is 6.92 Å². The summed E-state index contributed by atoms with van der Waals surface area (Å²) < 4.78 is 48.3. The third-order valence-corrected chi connectivity index (χ3v) is 5.14. The summed E-state index contributed by atoms with van der Waals surface area (Å²) in [7, 11) is -6.85. The van der Waals surface area contributed by atoms with Gasteiger partial charge in [-0.15, -0.1) is 0 Å². The predicted molar refractivity (Wildman–Crippen MR) is 103 cm³/mol. The van der Waals surface area contributed by atoms with Crippen molar-refractivity contribution in [3.05, 3.63) is 29.8 Å². The molecule has 0 aliphatic heterocycles. The normalized spacial score (nSPS) is 12.4. The molecule has 172 valence electrons. The summed E-state index contributed by atoms with van der Waals surface area (Å²) in [6, 6.07) is 2.67. The van der Waals surface area contributed by atoms with Crippen LogP contribution in [0.15, 0.2) is 33.5 Å². The van der Waals surface area contributed by atoms with Crippen LogP contribution >= 0.6 is 0 Å². The van der Waals surface area contributed by atoms with Crippen LogP contribution < -0.4 is 16.2 Å². The molecule has 0 radical (unpaired) electrons. The van der Waals surface area contributed by atoms with Crippen molar-refractivity contribution in [3.8, 4) is 0 Å². The minimum atomic E-state index is -4.01. The van der Waals surface area contributed by atoms with E-state index in [1.807, 2.05) is 4.72 Å². The van der Waals surface area contributed by atoms with E-state index in [0.29, 0.717) is 0 Å². The van der Waals surface area contributed by atoms with Crippen LogP contribution in [0.1, 0.15) is 18.4 Å². The van der Waals surface area contributed by atoms with Gasteiger partial charge < -0.3 is 21.7 Å². The topological polar surface area (TPSA) is 253 Å². The second-order valence-corrected chi connectivity index (χ2v) is 8.20. The molecule has 31 heavy (non-hydrogen) atoms. The molecule has 0 aliphatic rings. The Balaban J connectivity index is 0.000000649. The fourth-order valence-electron chi connectivity index (χ4n) is 1.82. The summed E-state index contributed by atoms with van der Waals surface area (Å²) in [5.41, 5.74) is 10.4. The highest BCUT2D eigenvalue weighted by atomic mass is 32.2. The number of amides is 2. The summed E-state index contributed by atoms with van der Waals surface area (Å²) in [6.07, 6.45) is -1.23. The van der Waals surface area contributed by atoms with Crippen molar-refractivity contribution in [3.63, 3.8) is 0 Å². The van der Waals surface area contributed by atoms with E-state index < -0.39 is 69.2 Å². The van der Waals surface area contributed by atoms with Crippen molar-refractivity contribution >= 4 is 44.3 Å². The maximum absolute atomic E-state index is 11.9. The second-order valence-electron chi connectivity index (χ2n) is 5.84. The fraction of sp³-hybridized carbons (Fsp3) is 0.333. The number of aliphatic carboxylic acids is 2. The van der Waals surface area contributed by atoms with Crippen molar-refractivity contribution in [1.29, 1.82) is 0 Å². The fourth-order valence-corrected chi connectivity index (χ4v) is 3.38. The molecular formula is C15H20N4O10S2. The smallest absolute Gasteiger partial charge is 0.330 e. The number of carboxylic acid groups (broad SMARTS) is 2. The molecular weight excluding hydrogens is 460 g/mol. The average molecular weight is 480 g/mol. The number of carbonyl (C=O) groups excluding carboxylic acids is 2. The van der Waals surface area contributed by atoms with Gasteiger partial charge in [-0.3, -0.25) is 14.4 Å². The molecule has 0 bridgehead atoms. The average Bonchev–Trinajstić information content (AvgIpc) is 2.60. The number of nitrogens with zero attached hydrogens (tertiary/aromatic N) is 1. The van der Waals surface area contributed by atoms with Crippen molar-refractivity contribution in [2.24, 2.45) is 15.8 Å². The number of benzene rings is 1. The molecule has 0 heterocycles. The van der Waals surface area contributed by atoms with Crippen LogP contribution in [0.4, 0.5) is 0 Å². The van der Waals surface area contributed by atoms with Gasteiger partial charge in [0.2, 0.25) is 21.8 Å². The molecule has 2 atom stereocenters. The molecule has 1 aromatic rings. The SMILES string of the molecule is Cc1ccc(S(=O)(=O)N[C@@H](CC(N)=O)C(=O)O)cc1.NC(=O)C[C@H](N=S(=O)=O)C(=O)O. The Labute approximate surface area is 178 Å². The molecule has 2 amide bonds. The lowest BCUT2D eigenvalue weighted by Gasteiger charge is -2.13. The van der Waals surface area contributed by atoms with E-state index in [4.69, 9.17) is 15.9 Å². The molecule has 0 aliphatic carbocycles. The van der Waals surface area contributed by atoms with Gasteiger partial charge in [0.1, 0.15) is 6.04 Å². The predicted octanol–water partition coefficient (Wildman–Crippen LogP) is -2.02. The van der Waals surface area contributed by atoms with Gasteiger partial charge in [0.25, 0.3) is 0 Å². The van der Waals surface area contributed by atoms with E-state index in [2.05, 4.69) is 10.1 Å². The number of aryl methyl sites for hydroxylation is 1. The summed E-state index contributed by atoms with van der Waals surface area (Å²) in [6.45, 7) is 1.79. The zero-order chi connectivity index (χ0) is 24.4. The lowest BCUT2D eigenvalue weighted by molar-refractivity contribution is -0.140. The summed E-state index contributed by atoms with van der Waals surface area (Å²) >= 11 is 0. The van der Waals surface area contributed by atoms with Crippen molar-refractivity contribution in [2.45, 2.75) is 36.7 Å². The van der Waals surface area contributed by atoms with Crippen LogP contribution in [0.3, 0.4) is 0 Å². The monoisotopic (exact) mass is 480 g/mol. The number of carboxylic acids is 2. The number of carbonyl (C=O) groups is 4. The maximum Gasteiger partial charge on any atom is 0.330 e. The maximum atomic E-state index is 11.9. The van der Waals surface area contributed by atoms with Crippen molar-refractivity contribution in [1.82, 2.24) is 4.72 Å². The third-order valence-electron chi connectivity index (χ3n) is 3.22. The zero-order valence-electron chi connectivity index (χ0n) is 16.0. The Hall–Kier alpha value is -3.37. The minimum absolute atomic E-state index is 0.0752. The molecule has 1 aromatic carbocycles. The molecule has 7 N–H and O–H groups in total. The Morgan fingerprint density at radius 3 is 1.84 bits per heavy atom. The third kappa shape index (κ3) is 11.4. The van der Waals surface area contributed by atoms with E-state index in [9.17, 15) is 36.0 Å². The zero-order valence-corrected chi connectivity index (χ0v) is 17.6. The highest BCUT2D eigenvalue weighted by Gasteiger charge is 2.26. The number of nitrogens with two attached hydrogens (primary N) is 2. The minimum Gasteiger partial charge on any atom is -0.480 e. The van der Waals surface area contributed by atoms with Crippen molar-refractivity contribution in [2.75, 3.05) is 0 Å². The summed E-state index contributed by atoms with van der Waals surface area (Å²) in [5.74, 6) is -4.79. The molecule has 0 spiro atoms. The number of rotatable bonds is 10. The van der Waals surface area contributed by atoms with Crippen LogP contribution in [0.2, 0.25) is 0 Å². The number of hydrogen-bond donors (Lipinski definition) is 5. The highest BCUT2D eigenvalue weighted by molar-refractivity contribution is 7.89. The van der Waals surface area contributed by atoms with E-state index >= 15 is 0 Å². The quantitative estimate of drug-likeness (QED) is 0.245. The molecule has 0 unspecified atom stereocenters. The van der Waals surface area contributed by atoms with Crippen molar-refractivity contribution < 1.29 is 46.2 Å². The van der Waals surface area contributed by atoms with Crippen LogP contribution in [-0.2, 0) is 39.7 Å². The van der Waals surface area contributed by atoms with Crippen LogP contribution in [0.25, 0.3) is 0 Å². The van der Waals surface area contributed by atoms with E-state index in [-0.39, 0.29) is 4.90 Å². The number of nitrogens with one attached hydrogen (secondary N) is 1. The summed E-state index contributed by atoms with van der Waals surface area (Å²) in [4.78, 5) is 41.9. The first-order chi connectivity index (χ1) is 14.2. The number of hydrogen-bond acceptors (Lipinski definition) is 9. The Kier molecular flexibility index (Phi) is 11.0. The van der Waals surface area contributed by atoms with Gasteiger partial charge in [0.05, 0.1) is 17.7 Å². The second kappa shape index (κ2) is 12.4. The first kappa shape index (κ1) is 27.6. The number of sulfonamides is 1. The first-order valence-corrected chi connectivity index (χ1v) is 10.6. The van der Waals surface area contributed by atoms with Gasteiger partial charge in [-0.2, -0.15) is 17.5 Å². The van der Waals surface area contributed by atoms with E-state index in [0.717, 1.165) is 5.56 Å². The summed E-state index contributed by atoms with van der Waals surface area (Å²) in [5, 5.41) is 17.1. The highest BCUT2D eigenvalue weighted by Crippen LogP contribution is 2.11. The van der Waals surface area contributed by atoms with Gasteiger partial charge in [-0.05, 0) is 19.1 Å². The van der Waals surface area contributed by atoms with Gasteiger partial charge in [-0.25, -0.2) is 13.2 Å². The van der Waals surface area contributed by atoms with Crippen LogP contribution in [-0.4, -0.2) is 62.9 Å². The van der Waals surface area contributed by atoms with Gasteiger partial charge in [0, 0.05) is 0 Å². The standard InChI is InChI=1S/C11H14N2O5S.C4H6N2O5S/c1-7-2-4-8(5-3-7)19(17,18)13-9(11(15)16)6-10(12)14;5-3(7)1-2(4(8)9)6-12(10)11/h2-5,9,13H,6H2,1H3,(H2,12,14)(H,15,16);2H,1H2,(H2,5,7)(H,8,9)/t9-;2-/m00/s1. The Morgan fingerprint density at radius 1 is 1.00 bits per heavy atom. The van der Waals surface area contributed by atoms with Gasteiger partial charge in [-0.1, -0.05) is 17.7 Å². The Morgan fingerprint density at radius 2 is 1.48 bits per heavy atom.